The Morgan fingerprint density at radius 2 is 1.85 bits per heavy atom. The Morgan fingerprint density at radius 1 is 1.15 bits per heavy atom. The van der Waals surface area contributed by atoms with Crippen LogP contribution >= 0.6 is 15.9 Å². The van der Waals surface area contributed by atoms with Crippen LogP contribution in [0.4, 0.5) is 0 Å². The van der Waals surface area contributed by atoms with Gasteiger partial charge in [-0.1, -0.05) is 55.5 Å². The van der Waals surface area contributed by atoms with Gasteiger partial charge in [0, 0.05) is 17.3 Å². The normalized spacial score (nSPS) is 31.7. The molecule has 0 radical (unpaired) electrons. The molecule has 2 fully saturated rings. The topological polar surface area (TPSA) is 29.1 Å². The average Bonchev–Trinajstić information content (AvgIpc) is 2.46. The Kier molecular flexibility index (Phi) is 6.38. The average molecular weight is 344 g/mol. The van der Waals surface area contributed by atoms with E-state index in [1.807, 2.05) is 0 Å². The van der Waals surface area contributed by atoms with E-state index in [1.54, 1.807) is 0 Å². The van der Waals surface area contributed by atoms with Crippen molar-refractivity contribution in [1.82, 2.24) is 5.32 Å². The SMILES string of the molecule is CC(C)C(CCBr)NC(=O)C1CCC2CCCCC2C1. The number of fused-ring (bicyclic) bond motifs is 1. The number of amides is 1. The zero-order valence-electron chi connectivity index (χ0n) is 13.0. The number of alkyl halides is 1. The van der Waals surface area contributed by atoms with Crippen LogP contribution in [0.3, 0.4) is 0 Å². The van der Waals surface area contributed by atoms with Crippen LogP contribution in [0, 0.1) is 23.7 Å². The molecule has 0 aromatic heterocycles. The quantitative estimate of drug-likeness (QED) is 0.730. The molecule has 20 heavy (non-hydrogen) atoms. The summed E-state index contributed by atoms with van der Waals surface area (Å²) in [5.41, 5.74) is 0. The number of hydrogen-bond donors (Lipinski definition) is 1. The molecule has 0 heterocycles. The smallest absolute Gasteiger partial charge is 0.223 e. The Balaban J connectivity index is 1.86. The number of rotatable bonds is 5. The van der Waals surface area contributed by atoms with Crippen molar-refractivity contribution in [2.75, 3.05) is 5.33 Å². The van der Waals surface area contributed by atoms with Gasteiger partial charge in [-0.2, -0.15) is 0 Å². The second kappa shape index (κ2) is 7.82. The molecular weight excluding hydrogens is 314 g/mol. The molecule has 4 atom stereocenters. The minimum atomic E-state index is 0.283. The first-order chi connectivity index (χ1) is 9.61. The monoisotopic (exact) mass is 343 g/mol. The summed E-state index contributed by atoms with van der Waals surface area (Å²) in [6, 6.07) is 0.325. The van der Waals surface area contributed by atoms with Crippen molar-refractivity contribution < 1.29 is 4.79 Å². The lowest BCUT2D eigenvalue weighted by atomic mass is 9.67. The minimum absolute atomic E-state index is 0.283. The molecule has 2 aliphatic rings. The fraction of sp³-hybridized carbons (Fsp3) is 0.941. The first-order valence-electron chi connectivity index (χ1n) is 8.48. The molecule has 0 spiro atoms. The third kappa shape index (κ3) is 4.22. The van der Waals surface area contributed by atoms with Crippen molar-refractivity contribution in [3.8, 4) is 0 Å². The van der Waals surface area contributed by atoms with Crippen molar-refractivity contribution in [3.05, 3.63) is 0 Å². The Bertz CT molecular complexity index is 318. The molecule has 3 heteroatoms. The van der Waals surface area contributed by atoms with Crippen LogP contribution in [0.25, 0.3) is 0 Å². The zero-order chi connectivity index (χ0) is 14.5. The number of carbonyl (C=O) groups excluding carboxylic acids is 1. The van der Waals surface area contributed by atoms with Gasteiger partial charge in [-0.15, -0.1) is 0 Å². The van der Waals surface area contributed by atoms with Crippen molar-refractivity contribution in [3.63, 3.8) is 0 Å². The maximum absolute atomic E-state index is 12.5. The largest absolute Gasteiger partial charge is 0.353 e. The maximum Gasteiger partial charge on any atom is 0.223 e. The highest BCUT2D eigenvalue weighted by Gasteiger charge is 2.35. The molecule has 0 aromatic rings. The van der Waals surface area contributed by atoms with E-state index in [4.69, 9.17) is 0 Å². The summed E-state index contributed by atoms with van der Waals surface area (Å²) in [7, 11) is 0. The fourth-order valence-electron chi connectivity index (χ4n) is 4.10. The van der Waals surface area contributed by atoms with Crippen molar-refractivity contribution >= 4 is 21.8 Å². The van der Waals surface area contributed by atoms with Crippen molar-refractivity contribution in [2.24, 2.45) is 23.7 Å². The summed E-state index contributed by atoms with van der Waals surface area (Å²) < 4.78 is 0. The molecule has 2 saturated carbocycles. The number of carbonyl (C=O) groups is 1. The zero-order valence-corrected chi connectivity index (χ0v) is 14.6. The van der Waals surface area contributed by atoms with Gasteiger partial charge in [0.15, 0.2) is 0 Å². The van der Waals surface area contributed by atoms with Crippen LogP contribution in [-0.2, 0) is 4.79 Å². The summed E-state index contributed by atoms with van der Waals surface area (Å²) in [5.74, 6) is 2.89. The van der Waals surface area contributed by atoms with E-state index in [0.29, 0.717) is 17.9 Å². The molecule has 2 nitrogen and oxygen atoms in total. The van der Waals surface area contributed by atoms with Gasteiger partial charge in [0.25, 0.3) is 0 Å². The third-order valence-corrected chi connectivity index (χ3v) is 5.92. The maximum atomic E-state index is 12.5. The molecule has 0 saturated heterocycles. The van der Waals surface area contributed by atoms with Gasteiger partial charge in [0.1, 0.15) is 0 Å². The van der Waals surface area contributed by atoms with Crippen LogP contribution in [-0.4, -0.2) is 17.3 Å². The lowest BCUT2D eigenvalue weighted by molar-refractivity contribution is -0.128. The van der Waals surface area contributed by atoms with Crippen LogP contribution in [0.5, 0.6) is 0 Å². The van der Waals surface area contributed by atoms with Crippen LogP contribution in [0.1, 0.15) is 65.2 Å². The van der Waals surface area contributed by atoms with Gasteiger partial charge in [-0.05, 0) is 43.4 Å². The van der Waals surface area contributed by atoms with E-state index in [2.05, 4.69) is 35.1 Å². The summed E-state index contributed by atoms with van der Waals surface area (Å²) in [5, 5.41) is 4.28. The Labute approximate surface area is 132 Å². The molecule has 0 aromatic carbocycles. The van der Waals surface area contributed by atoms with Crippen LogP contribution in [0.15, 0.2) is 0 Å². The predicted octanol–water partition coefficient (Wildman–Crippen LogP) is 4.52. The minimum Gasteiger partial charge on any atom is -0.353 e. The molecule has 2 rings (SSSR count). The van der Waals surface area contributed by atoms with E-state index in [9.17, 15) is 4.79 Å². The summed E-state index contributed by atoms with van der Waals surface area (Å²) >= 11 is 3.50. The number of hydrogen-bond acceptors (Lipinski definition) is 1. The summed E-state index contributed by atoms with van der Waals surface area (Å²) in [4.78, 5) is 12.5. The second-order valence-corrected chi connectivity index (χ2v) is 7.94. The van der Waals surface area contributed by atoms with Crippen LogP contribution < -0.4 is 5.32 Å². The van der Waals surface area contributed by atoms with Gasteiger partial charge in [-0.3, -0.25) is 4.79 Å². The van der Waals surface area contributed by atoms with E-state index in [0.717, 1.165) is 36.4 Å². The second-order valence-electron chi connectivity index (χ2n) is 7.15. The highest BCUT2D eigenvalue weighted by Crippen LogP contribution is 2.42. The van der Waals surface area contributed by atoms with Crippen LogP contribution in [0.2, 0.25) is 0 Å². The first kappa shape index (κ1) is 16.3. The lowest BCUT2D eigenvalue weighted by Crippen LogP contribution is -2.44. The van der Waals surface area contributed by atoms with E-state index < -0.39 is 0 Å². The van der Waals surface area contributed by atoms with Gasteiger partial charge in [0.2, 0.25) is 5.91 Å². The fourth-order valence-corrected chi connectivity index (χ4v) is 4.60. The number of nitrogens with one attached hydrogen (secondary N) is 1. The molecule has 116 valence electrons. The van der Waals surface area contributed by atoms with Gasteiger partial charge in [0.05, 0.1) is 0 Å². The molecule has 2 aliphatic carbocycles. The van der Waals surface area contributed by atoms with Gasteiger partial charge >= 0.3 is 0 Å². The highest BCUT2D eigenvalue weighted by molar-refractivity contribution is 9.09. The van der Waals surface area contributed by atoms with E-state index >= 15 is 0 Å². The molecular formula is C17H30BrNO. The van der Waals surface area contributed by atoms with Gasteiger partial charge in [-0.25, -0.2) is 0 Å². The van der Waals surface area contributed by atoms with Crippen molar-refractivity contribution in [1.29, 1.82) is 0 Å². The molecule has 4 unspecified atom stereocenters. The number of halogens is 1. The molecule has 1 N–H and O–H groups in total. The third-order valence-electron chi connectivity index (χ3n) is 5.46. The Hall–Kier alpha value is -0.0500. The first-order valence-corrected chi connectivity index (χ1v) is 9.60. The van der Waals surface area contributed by atoms with E-state index in [1.165, 1.54) is 32.1 Å². The summed E-state index contributed by atoms with van der Waals surface area (Å²) in [6.45, 7) is 4.40. The molecule has 1 amide bonds. The van der Waals surface area contributed by atoms with E-state index in [-0.39, 0.29) is 5.92 Å². The van der Waals surface area contributed by atoms with Crippen molar-refractivity contribution in [2.45, 2.75) is 71.3 Å². The standard InChI is InChI=1S/C17H30BrNO/c1-12(2)16(9-10-18)19-17(20)15-8-7-13-5-3-4-6-14(13)11-15/h12-16H,3-11H2,1-2H3,(H,19,20). The predicted molar refractivity (Wildman–Crippen MR) is 88.0 cm³/mol. The summed E-state index contributed by atoms with van der Waals surface area (Å²) in [6.07, 6.45) is 10.2. The Morgan fingerprint density at radius 3 is 2.50 bits per heavy atom. The molecule has 0 bridgehead atoms. The lowest BCUT2D eigenvalue weighted by Gasteiger charge is -2.39. The molecule has 0 aliphatic heterocycles. The highest BCUT2D eigenvalue weighted by atomic mass is 79.9. The van der Waals surface area contributed by atoms with Gasteiger partial charge < -0.3 is 5.32 Å².